The number of aliphatic carboxylic acids is 1. The highest BCUT2D eigenvalue weighted by atomic mass is 79.9. The standard InChI is InChI=1S/C11H11BrN2O5S/c1-6-2-7(12)8(3-9(6)14(18)19)13-10(15)4-20-5-11(16)17/h2-3H,4-5H2,1H3,(H,13,15)(H,16,17). The van der Waals surface area contributed by atoms with Crippen LogP contribution in [-0.4, -0.2) is 33.4 Å². The Hall–Kier alpha value is -1.61. The van der Waals surface area contributed by atoms with Gasteiger partial charge in [-0.25, -0.2) is 0 Å². The van der Waals surface area contributed by atoms with Crippen molar-refractivity contribution in [1.29, 1.82) is 0 Å². The lowest BCUT2D eigenvalue weighted by Gasteiger charge is -2.08. The zero-order valence-corrected chi connectivity index (χ0v) is 12.8. The van der Waals surface area contributed by atoms with Crippen LogP contribution in [-0.2, 0) is 9.59 Å². The van der Waals surface area contributed by atoms with Gasteiger partial charge >= 0.3 is 5.97 Å². The molecule has 0 aliphatic rings. The van der Waals surface area contributed by atoms with Gasteiger partial charge in [0.15, 0.2) is 0 Å². The van der Waals surface area contributed by atoms with Crippen LogP contribution in [0.5, 0.6) is 0 Å². The molecule has 0 spiro atoms. The fraction of sp³-hybridized carbons (Fsp3) is 0.273. The number of halogens is 1. The van der Waals surface area contributed by atoms with Gasteiger partial charge in [-0.05, 0) is 28.9 Å². The number of carboxylic acids is 1. The molecule has 1 aromatic rings. The number of benzene rings is 1. The van der Waals surface area contributed by atoms with Crippen LogP contribution in [0.4, 0.5) is 11.4 Å². The predicted octanol–water partition coefficient (Wildman–Crippen LogP) is 2.42. The number of anilines is 1. The average Bonchev–Trinajstić information content (AvgIpc) is 2.31. The van der Waals surface area contributed by atoms with Crippen LogP contribution in [0.25, 0.3) is 0 Å². The minimum atomic E-state index is -1.00. The summed E-state index contributed by atoms with van der Waals surface area (Å²) in [4.78, 5) is 32.2. The second-order valence-corrected chi connectivity index (χ2v) is 5.65. The first-order valence-corrected chi connectivity index (χ1v) is 7.30. The van der Waals surface area contributed by atoms with Crippen molar-refractivity contribution in [1.82, 2.24) is 0 Å². The molecule has 0 saturated heterocycles. The van der Waals surface area contributed by atoms with Gasteiger partial charge in [-0.1, -0.05) is 0 Å². The van der Waals surface area contributed by atoms with E-state index in [2.05, 4.69) is 21.2 Å². The zero-order valence-electron chi connectivity index (χ0n) is 10.4. The van der Waals surface area contributed by atoms with Crippen LogP contribution in [0.1, 0.15) is 5.56 Å². The SMILES string of the molecule is Cc1cc(Br)c(NC(=O)CSCC(=O)O)cc1[N+](=O)[O-]. The van der Waals surface area contributed by atoms with Crippen LogP contribution < -0.4 is 5.32 Å². The number of nitrogens with one attached hydrogen (secondary N) is 1. The summed E-state index contributed by atoms with van der Waals surface area (Å²) in [5, 5.41) is 21.8. The zero-order chi connectivity index (χ0) is 15.3. The van der Waals surface area contributed by atoms with E-state index in [9.17, 15) is 19.7 Å². The lowest BCUT2D eigenvalue weighted by Crippen LogP contribution is -2.16. The van der Waals surface area contributed by atoms with Gasteiger partial charge in [-0.3, -0.25) is 19.7 Å². The summed E-state index contributed by atoms with van der Waals surface area (Å²) in [5.41, 5.74) is 0.657. The molecule has 0 aliphatic carbocycles. The molecule has 0 heterocycles. The molecule has 7 nitrogen and oxygen atoms in total. The number of hydrogen-bond acceptors (Lipinski definition) is 5. The molecule has 20 heavy (non-hydrogen) atoms. The third-order valence-electron chi connectivity index (χ3n) is 2.22. The molecule has 9 heteroatoms. The van der Waals surface area contributed by atoms with Gasteiger partial charge in [0.05, 0.1) is 22.1 Å². The molecule has 1 aromatic carbocycles. The molecular weight excluding hydrogens is 352 g/mol. The van der Waals surface area contributed by atoms with E-state index in [4.69, 9.17) is 5.11 Å². The Morgan fingerprint density at radius 2 is 2.10 bits per heavy atom. The number of carbonyl (C=O) groups is 2. The molecule has 0 atom stereocenters. The van der Waals surface area contributed by atoms with Crippen molar-refractivity contribution >= 4 is 50.9 Å². The van der Waals surface area contributed by atoms with Gasteiger partial charge in [0.1, 0.15) is 0 Å². The topological polar surface area (TPSA) is 110 Å². The second-order valence-electron chi connectivity index (χ2n) is 3.81. The fourth-order valence-corrected chi connectivity index (χ4v) is 2.46. The third-order valence-corrected chi connectivity index (χ3v) is 3.79. The van der Waals surface area contributed by atoms with E-state index in [1.54, 1.807) is 6.92 Å². The van der Waals surface area contributed by atoms with E-state index in [1.807, 2.05) is 0 Å². The van der Waals surface area contributed by atoms with Crippen molar-refractivity contribution in [3.63, 3.8) is 0 Å². The fourth-order valence-electron chi connectivity index (χ4n) is 1.37. The van der Waals surface area contributed by atoms with E-state index < -0.39 is 16.8 Å². The van der Waals surface area contributed by atoms with Crippen molar-refractivity contribution in [2.75, 3.05) is 16.8 Å². The molecule has 0 radical (unpaired) electrons. The molecule has 1 amide bonds. The first-order valence-electron chi connectivity index (χ1n) is 5.35. The van der Waals surface area contributed by atoms with Gasteiger partial charge in [0.2, 0.25) is 5.91 Å². The van der Waals surface area contributed by atoms with Crippen LogP contribution in [0.2, 0.25) is 0 Å². The Morgan fingerprint density at radius 3 is 2.65 bits per heavy atom. The van der Waals surface area contributed by atoms with Crippen LogP contribution in [0, 0.1) is 17.0 Å². The molecule has 0 aromatic heterocycles. The summed E-state index contributed by atoms with van der Waals surface area (Å²) in [6.07, 6.45) is 0. The summed E-state index contributed by atoms with van der Waals surface area (Å²) in [6.45, 7) is 1.59. The minimum absolute atomic E-state index is 0.0413. The smallest absolute Gasteiger partial charge is 0.313 e. The maximum absolute atomic E-state index is 11.6. The van der Waals surface area contributed by atoms with Crippen molar-refractivity contribution in [2.45, 2.75) is 6.92 Å². The number of nitro groups is 1. The summed E-state index contributed by atoms with van der Waals surface area (Å²) in [6, 6.07) is 2.80. The number of carboxylic acid groups (broad SMARTS) is 1. The number of aryl methyl sites for hydroxylation is 1. The number of hydrogen-bond donors (Lipinski definition) is 2. The molecule has 2 N–H and O–H groups in total. The Labute approximate surface area is 127 Å². The van der Waals surface area contributed by atoms with Gasteiger partial charge < -0.3 is 10.4 Å². The molecule has 0 bridgehead atoms. The van der Waals surface area contributed by atoms with Crippen LogP contribution >= 0.6 is 27.7 Å². The predicted molar refractivity (Wildman–Crippen MR) is 79.1 cm³/mol. The normalized spacial score (nSPS) is 10.1. The highest BCUT2D eigenvalue weighted by Crippen LogP contribution is 2.30. The second kappa shape index (κ2) is 7.25. The van der Waals surface area contributed by atoms with Gasteiger partial charge in [0.25, 0.3) is 5.69 Å². The Balaban J connectivity index is 2.76. The highest BCUT2D eigenvalue weighted by Gasteiger charge is 2.15. The number of thioether (sulfide) groups is 1. The molecule has 0 aliphatic heterocycles. The van der Waals surface area contributed by atoms with Gasteiger partial charge in [0, 0.05) is 16.1 Å². The lowest BCUT2D eigenvalue weighted by atomic mass is 10.2. The minimum Gasteiger partial charge on any atom is -0.481 e. The molecular formula is C11H11BrN2O5S. The maximum atomic E-state index is 11.6. The number of nitro benzene ring substituents is 1. The van der Waals surface area contributed by atoms with Crippen molar-refractivity contribution in [3.8, 4) is 0 Å². The largest absolute Gasteiger partial charge is 0.481 e. The highest BCUT2D eigenvalue weighted by molar-refractivity contribution is 9.10. The molecule has 1 rings (SSSR count). The van der Waals surface area contributed by atoms with Crippen LogP contribution in [0.3, 0.4) is 0 Å². The van der Waals surface area contributed by atoms with E-state index >= 15 is 0 Å². The summed E-state index contributed by atoms with van der Waals surface area (Å²) in [7, 11) is 0. The van der Waals surface area contributed by atoms with E-state index in [0.717, 1.165) is 11.8 Å². The Bertz CT molecular complexity index is 564. The molecule has 108 valence electrons. The molecule has 0 unspecified atom stereocenters. The lowest BCUT2D eigenvalue weighted by molar-refractivity contribution is -0.385. The monoisotopic (exact) mass is 362 g/mol. The third kappa shape index (κ3) is 4.82. The average molecular weight is 363 g/mol. The number of rotatable bonds is 6. The number of carbonyl (C=O) groups excluding carboxylic acids is 1. The van der Waals surface area contributed by atoms with E-state index in [1.165, 1.54) is 12.1 Å². The quantitative estimate of drug-likeness (QED) is 0.593. The Morgan fingerprint density at radius 1 is 1.45 bits per heavy atom. The first kappa shape index (κ1) is 16.4. The molecule has 0 saturated carbocycles. The van der Waals surface area contributed by atoms with E-state index in [0.29, 0.717) is 10.0 Å². The molecule has 0 fully saturated rings. The van der Waals surface area contributed by atoms with E-state index in [-0.39, 0.29) is 22.9 Å². The van der Waals surface area contributed by atoms with Gasteiger partial charge in [-0.15, -0.1) is 11.8 Å². The van der Waals surface area contributed by atoms with Crippen molar-refractivity contribution < 1.29 is 19.6 Å². The summed E-state index contributed by atoms with van der Waals surface area (Å²) in [5.74, 6) is -1.65. The maximum Gasteiger partial charge on any atom is 0.313 e. The summed E-state index contributed by atoms with van der Waals surface area (Å²) >= 11 is 4.16. The Kier molecular flexibility index (Phi) is 5.96. The first-order chi connectivity index (χ1) is 9.31. The number of amides is 1. The van der Waals surface area contributed by atoms with Gasteiger partial charge in [-0.2, -0.15) is 0 Å². The van der Waals surface area contributed by atoms with Crippen LogP contribution in [0.15, 0.2) is 16.6 Å². The number of nitrogens with zero attached hydrogens (tertiary/aromatic N) is 1. The van der Waals surface area contributed by atoms with Crippen molar-refractivity contribution in [3.05, 3.63) is 32.3 Å². The summed E-state index contributed by atoms with van der Waals surface area (Å²) < 4.78 is 0.525. The van der Waals surface area contributed by atoms with Crippen molar-refractivity contribution in [2.24, 2.45) is 0 Å².